The van der Waals surface area contributed by atoms with Crippen LogP contribution < -0.4 is 5.32 Å². The molecular formula is C14H15N3O. The predicted molar refractivity (Wildman–Crippen MR) is 72.7 cm³/mol. The molecule has 0 bridgehead atoms. The zero-order chi connectivity index (χ0) is 12.5. The van der Waals surface area contributed by atoms with E-state index in [1.165, 1.54) is 10.9 Å². The third kappa shape index (κ3) is 1.57. The van der Waals surface area contributed by atoms with E-state index in [1.807, 2.05) is 31.3 Å². The number of H-pyrrole nitrogens is 1. The van der Waals surface area contributed by atoms with Crippen LogP contribution in [0.4, 0.5) is 5.82 Å². The third-order valence-corrected chi connectivity index (χ3v) is 3.13. The van der Waals surface area contributed by atoms with Crippen molar-refractivity contribution >= 4 is 16.8 Å². The van der Waals surface area contributed by atoms with Crippen molar-refractivity contribution in [3.8, 4) is 11.5 Å². The minimum atomic E-state index is 0.813. The van der Waals surface area contributed by atoms with Gasteiger partial charge in [0.25, 0.3) is 0 Å². The summed E-state index contributed by atoms with van der Waals surface area (Å²) in [6.45, 7) is 2.14. The lowest BCUT2D eigenvalue weighted by molar-refractivity contribution is 0.624. The highest BCUT2D eigenvalue weighted by atomic mass is 16.3. The lowest BCUT2D eigenvalue weighted by Gasteiger charge is -1.96. The first-order chi connectivity index (χ1) is 8.83. The molecule has 4 nitrogen and oxygen atoms in total. The van der Waals surface area contributed by atoms with Gasteiger partial charge in [0.2, 0.25) is 0 Å². The number of anilines is 1. The van der Waals surface area contributed by atoms with Gasteiger partial charge in [0, 0.05) is 24.1 Å². The molecule has 18 heavy (non-hydrogen) atoms. The molecule has 0 fully saturated rings. The number of para-hydroxylation sites is 1. The van der Waals surface area contributed by atoms with E-state index in [9.17, 15) is 0 Å². The van der Waals surface area contributed by atoms with E-state index in [2.05, 4.69) is 28.5 Å². The average molecular weight is 241 g/mol. The summed E-state index contributed by atoms with van der Waals surface area (Å²) in [6.07, 6.45) is 0.931. The van der Waals surface area contributed by atoms with Crippen molar-refractivity contribution in [2.24, 2.45) is 0 Å². The SMILES string of the molecule is CCc1c(-c2cc(NC)n[nH]2)oc2ccccc12. The molecule has 0 atom stereocenters. The van der Waals surface area contributed by atoms with Crippen LogP contribution >= 0.6 is 0 Å². The molecule has 92 valence electrons. The fourth-order valence-electron chi connectivity index (χ4n) is 2.23. The van der Waals surface area contributed by atoms with Crippen molar-refractivity contribution < 1.29 is 4.42 Å². The number of rotatable bonds is 3. The van der Waals surface area contributed by atoms with E-state index in [-0.39, 0.29) is 0 Å². The number of aryl methyl sites for hydroxylation is 1. The number of nitrogens with zero attached hydrogens (tertiary/aromatic N) is 1. The van der Waals surface area contributed by atoms with Crippen LogP contribution in [0.5, 0.6) is 0 Å². The van der Waals surface area contributed by atoms with Crippen LogP contribution in [0.15, 0.2) is 34.7 Å². The molecule has 0 unspecified atom stereocenters. The van der Waals surface area contributed by atoms with Gasteiger partial charge < -0.3 is 9.73 Å². The summed E-state index contributed by atoms with van der Waals surface area (Å²) in [7, 11) is 1.85. The van der Waals surface area contributed by atoms with Gasteiger partial charge in [-0.3, -0.25) is 5.10 Å². The normalized spacial score (nSPS) is 11.0. The van der Waals surface area contributed by atoms with Crippen molar-refractivity contribution in [2.45, 2.75) is 13.3 Å². The van der Waals surface area contributed by atoms with Gasteiger partial charge >= 0.3 is 0 Å². The van der Waals surface area contributed by atoms with E-state index >= 15 is 0 Å². The molecule has 0 aliphatic carbocycles. The lowest BCUT2D eigenvalue weighted by atomic mass is 10.1. The van der Waals surface area contributed by atoms with Crippen LogP contribution in [-0.4, -0.2) is 17.2 Å². The average Bonchev–Trinajstić information content (AvgIpc) is 3.02. The zero-order valence-electron chi connectivity index (χ0n) is 10.4. The Kier molecular flexibility index (Phi) is 2.55. The molecule has 2 N–H and O–H groups in total. The number of hydrogen-bond donors (Lipinski definition) is 2. The summed E-state index contributed by atoms with van der Waals surface area (Å²) in [5.41, 5.74) is 3.05. The summed E-state index contributed by atoms with van der Waals surface area (Å²) in [5.74, 6) is 1.69. The second-order valence-corrected chi connectivity index (χ2v) is 4.18. The molecule has 0 saturated heterocycles. The summed E-state index contributed by atoms with van der Waals surface area (Å²) >= 11 is 0. The Bertz CT molecular complexity index is 681. The van der Waals surface area contributed by atoms with Gasteiger partial charge in [-0.05, 0) is 12.5 Å². The van der Waals surface area contributed by atoms with Crippen molar-refractivity contribution in [1.29, 1.82) is 0 Å². The molecule has 1 aromatic carbocycles. The third-order valence-electron chi connectivity index (χ3n) is 3.13. The van der Waals surface area contributed by atoms with Crippen LogP contribution in [0.25, 0.3) is 22.4 Å². The Morgan fingerprint density at radius 1 is 1.33 bits per heavy atom. The Morgan fingerprint density at radius 3 is 2.89 bits per heavy atom. The molecule has 3 rings (SSSR count). The number of nitrogens with one attached hydrogen (secondary N) is 2. The van der Waals surface area contributed by atoms with E-state index in [0.717, 1.165) is 29.3 Å². The van der Waals surface area contributed by atoms with E-state index in [0.29, 0.717) is 0 Å². The fourth-order valence-corrected chi connectivity index (χ4v) is 2.23. The summed E-state index contributed by atoms with van der Waals surface area (Å²) < 4.78 is 5.93. The smallest absolute Gasteiger partial charge is 0.156 e. The van der Waals surface area contributed by atoms with Gasteiger partial charge in [-0.2, -0.15) is 5.10 Å². The first-order valence-corrected chi connectivity index (χ1v) is 6.07. The maximum Gasteiger partial charge on any atom is 0.156 e. The zero-order valence-corrected chi connectivity index (χ0v) is 10.4. The van der Waals surface area contributed by atoms with Gasteiger partial charge in [0.15, 0.2) is 5.76 Å². The Hall–Kier alpha value is -2.23. The summed E-state index contributed by atoms with van der Waals surface area (Å²) in [5, 5.41) is 11.3. The summed E-state index contributed by atoms with van der Waals surface area (Å²) in [6, 6.07) is 10.1. The molecule has 0 aliphatic rings. The second-order valence-electron chi connectivity index (χ2n) is 4.18. The van der Waals surface area contributed by atoms with Crippen LogP contribution in [0.3, 0.4) is 0 Å². The highest BCUT2D eigenvalue weighted by Crippen LogP contribution is 2.33. The lowest BCUT2D eigenvalue weighted by Crippen LogP contribution is -1.85. The van der Waals surface area contributed by atoms with Crippen LogP contribution in [0.2, 0.25) is 0 Å². The largest absolute Gasteiger partial charge is 0.454 e. The van der Waals surface area contributed by atoms with Crippen molar-refractivity contribution in [3.05, 3.63) is 35.9 Å². The molecule has 0 spiro atoms. The fraction of sp³-hybridized carbons (Fsp3) is 0.214. The minimum absolute atomic E-state index is 0.813. The minimum Gasteiger partial charge on any atom is -0.454 e. The highest BCUT2D eigenvalue weighted by molar-refractivity contribution is 5.87. The van der Waals surface area contributed by atoms with Crippen LogP contribution in [0, 0.1) is 0 Å². The van der Waals surface area contributed by atoms with E-state index in [1.54, 1.807) is 0 Å². The molecule has 3 aromatic rings. The first-order valence-electron chi connectivity index (χ1n) is 6.07. The van der Waals surface area contributed by atoms with Crippen LogP contribution in [0.1, 0.15) is 12.5 Å². The number of benzene rings is 1. The molecule has 0 saturated carbocycles. The number of hydrogen-bond acceptors (Lipinski definition) is 3. The Balaban J connectivity index is 2.21. The van der Waals surface area contributed by atoms with Gasteiger partial charge in [-0.25, -0.2) is 0 Å². The molecule has 2 heterocycles. The topological polar surface area (TPSA) is 53.9 Å². The van der Waals surface area contributed by atoms with Gasteiger partial charge in [-0.1, -0.05) is 25.1 Å². The number of furan rings is 1. The van der Waals surface area contributed by atoms with Gasteiger partial charge in [0.05, 0.1) is 0 Å². The second kappa shape index (κ2) is 4.22. The Labute approximate surface area is 105 Å². The van der Waals surface area contributed by atoms with Crippen LogP contribution in [-0.2, 0) is 6.42 Å². The standard InChI is InChI=1S/C14H15N3O/c1-3-9-10-6-4-5-7-12(10)18-14(9)11-8-13(15-2)17-16-11/h4-8H,3H2,1-2H3,(H2,15,16,17). The molecule has 0 radical (unpaired) electrons. The Morgan fingerprint density at radius 2 is 2.17 bits per heavy atom. The maximum atomic E-state index is 5.93. The summed E-state index contributed by atoms with van der Waals surface area (Å²) in [4.78, 5) is 0. The molecule has 0 aliphatic heterocycles. The van der Waals surface area contributed by atoms with Crippen molar-refractivity contribution in [1.82, 2.24) is 10.2 Å². The van der Waals surface area contributed by atoms with E-state index in [4.69, 9.17) is 4.42 Å². The highest BCUT2D eigenvalue weighted by Gasteiger charge is 2.15. The number of fused-ring (bicyclic) bond motifs is 1. The molecule has 2 aromatic heterocycles. The van der Waals surface area contributed by atoms with Gasteiger partial charge in [0.1, 0.15) is 17.1 Å². The maximum absolute atomic E-state index is 5.93. The monoisotopic (exact) mass is 241 g/mol. The van der Waals surface area contributed by atoms with Crippen molar-refractivity contribution in [2.75, 3.05) is 12.4 Å². The van der Waals surface area contributed by atoms with E-state index < -0.39 is 0 Å². The predicted octanol–water partition coefficient (Wildman–Crippen LogP) is 3.43. The van der Waals surface area contributed by atoms with Crippen molar-refractivity contribution in [3.63, 3.8) is 0 Å². The molecule has 0 amide bonds. The quantitative estimate of drug-likeness (QED) is 0.738. The van der Waals surface area contributed by atoms with Gasteiger partial charge in [-0.15, -0.1) is 0 Å². The molecular weight excluding hydrogens is 226 g/mol. The molecule has 4 heteroatoms. The first kappa shape index (κ1) is 10.9. The number of aromatic nitrogens is 2. The number of aromatic amines is 1.